The summed E-state index contributed by atoms with van der Waals surface area (Å²) in [5, 5.41) is 12.2. The van der Waals surface area contributed by atoms with Gasteiger partial charge in [-0.25, -0.2) is 8.42 Å². The standard InChI is InChI=1S/C15H16N2O5S/c1-10(18)16-11-3-6-13(7-4-11)23(20,21)17-12-5-8-15(22-2)14(19)9-12/h3-9,17,19H,1-2H3,(H,16,18). The number of phenolic OH excluding ortho intramolecular Hbond substituents is 1. The lowest BCUT2D eigenvalue weighted by molar-refractivity contribution is -0.114. The Hall–Kier alpha value is -2.74. The first-order valence-corrected chi connectivity index (χ1v) is 8.07. The molecule has 1 amide bonds. The molecule has 3 N–H and O–H groups in total. The van der Waals surface area contributed by atoms with E-state index in [4.69, 9.17) is 4.74 Å². The summed E-state index contributed by atoms with van der Waals surface area (Å²) in [6.45, 7) is 1.36. The van der Waals surface area contributed by atoms with Gasteiger partial charge in [0, 0.05) is 18.7 Å². The molecule has 2 rings (SSSR count). The lowest BCUT2D eigenvalue weighted by Gasteiger charge is -2.10. The number of phenols is 1. The SMILES string of the molecule is COc1ccc(NS(=O)(=O)c2ccc(NC(C)=O)cc2)cc1O. The zero-order chi connectivity index (χ0) is 17.0. The van der Waals surface area contributed by atoms with Crippen LogP contribution in [0.1, 0.15) is 6.92 Å². The van der Waals surface area contributed by atoms with Crippen LogP contribution in [0.3, 0.4) is 0 Å². The quantitative estimate of drug-likeness (QED) is 0.776. The average Bonchev–Trinajstić information content (AvgIpc) is 2.47. The fourth-order valence-corrected chi connectivity index (χ4v) is 2.94. The van der Waals surface area contributed by atoms with Crippen molar-refractivity contribution in [2.24, 2.45) is 0 Å². The lowest BCUT2D eigenvalue weighted by Crippen LogP contribution is -2.13. The van der Waals surface area contributed by atoms with Crippen LogP contribution in [0, 0.1) is 0 Å². The monoisotopic (exact) mass is 336 g/mol. The van der Waals surface area contributed by atoms with Gasteiger partial charge in [0.25, 0.3) is 10.0 Å². The van der Waals surface area contributed by atoms with Crippen LogP contribution in [0.25, 0.3) is 0 Å². The maximum Gasteiger partial charge on any atom is 0.261 e. The van der Waals surface area contributed by atoms with E-state index in [9.17, 15) is 18.3 Å². The van der Waals surface area contributed by atoms with Crippen LogP contribution in [0.4, 0.5) is 11.4 Å². The van der Waals surface area contributed by atoms with Crippen molar-refractivity contribution in [1.82, 2.24) is 0 Å². The summed E-state index contributed by atoms with van der Waals surface area (Å²) >= 11 is 0. The highest BCUT2D eigenvalue weighted by atomic mass is 32.2. The summed E-state index contributed by atoms with van der Waals surface area (Å²) in [6, 6.07) is 9.90. The van der Waals surface area contributed by atoms with E-state index in [-0.39, 0.29) is 28.0 Å². The zero-order valence-corrected chi connectivity index (χ0v) is 13.3. The smallest absolute Gasteiger partial charge is 0.261 e. The molecule has 0 saturated carbocycles. The number of rotatable bonds is 5. The topological polar surface area (TPSA) is 105 Å². The third kappa shape index (κ3) is 4.13. The van der Waals surface area contributed by atoms with E-state index < -0.39 is 10.0 Å². The van der Waals surface area contributed by atoms with E-state index in [0.717, 1.165) is 0 Å². The number of aromatic hydroxyl groups is 1. The van der Waals surface area contributed by atoms with Crippen molar-refractivity contribution in [2.75, 3.05) is 17.1 Å². The van der Waals surface area contributed by atoms with Gasteiger partial charge in [-0.2, -0.15) is 0 Å². The maximum absolute atomic E-state index is 12.3. The van der Waals surface area contributed by atoms with Gasteiger partial charge in [-0.15, -0.1) is 0 Å². The highest BCUT2D eigenvalue weighted by Gasteiger charge is 2.15. The molecule has 8 heteroatoms. The molecule has 7 nitrogen and oxygen atoms in total. The number of hydrogen-bond donors (Lipinski definition) is 3. The Balaban J connectivity index is 2.21. The number of benzene rings is 2. The third-order valence-corrected chi connectivity index (χ3v) is 4.31. The molecule has 0 aliphatic carbocycles. The minimum atomic E-state index is -3.81. The van der Waals surface area contributed by atoms with Gasteiger partial charge in [0.15, 0.2) is 11.5 Å². The molecule has 0 heterocycles. The Morgan fingerprint density at radius 1 is 1.09 bits per heavy atom. The maximum atomic E-state index is 12.3. The van der Waals surface area contributed by atoms with Gasteiger partial charge in [0.2, 0.25) is 5.91 Å². The van der Waals surface area contributed by atoms with Crippen molar-refractivity contribution >= 4 is 27.3 Å². The summed E-state index contributed by atoms with van der Waals surface area (Å²) in [6.07, 6.45) is 0. The average molecular weight is 336 g/mol. The zero-order valence-electron chi connectivity index (χ0n) is 12.5. The summed E-state index contributed by atoms with van der Waals surface area (Å²) < 4.78 is 31.8. The molecule has 0 saturated heterocycles. The number of hydrogen-bond acceptors (Lipinski definition) is 5. The molecule has 0 aliphatic rings. The largest absolute Gasteiger partial charge is 0.504 e. The van der Waals surface area contributed by atoms with Gasteiger partial charge < -0.3 is 15.2 Å². The molecule has 0 spiro atoms. The van der Waals surface area contributed by atoms with Crippen LogP contribution in [-0.2, 0) is 14.8 Å². The molecule has 122 valence electrons. The molecule has 0 atom stereocenters. The Kier molecular flexibility index (Phi) is 4.75. The van der Waals surface area contributed by atoms with E-state index in [1.807, 2.05) is 0 Å². The number of nitrogens with one attached hydrogen (secondary N) is 2. The van der Waals surface area contributed by atoms with Crippen molar-refractivity contribution in [1.29, 1.82) is 0 Å². The van der Waals surface area contributed by atoms with E-state index in [1.54, 1.807) is 0 Å². The molecule has 0 radical (unpaired) electrons. The molecule has 0 aliphatic heterocycles. The normalized spacial score (nSPS) is 10.9. The predicted octanol–water partition coefficient (Wildman–Crippen LogP) is 2.16. The first-order chi connectivity index (χ1) is 10.8. The third-order valence-electron chi connectivity index (χ3n) is 2.92. The van der Waals surface area contributed by atoms with Crippen LogP contribution in [0.5, 0.6) is 11.5 Å². The number of carbonyl (C=O) groups is 1. The van der Waals surface area contributed by atoms with Crippen LogP contribution in [-0.4, -0.2) is 26.5 Å². The van der Waals surface area contributed by atoms with Crippen molar-refractivity contribution in [3.63, 3.8) is 0 Å². The Labute approximate surface area is 134 Å². The van der Waals surface area contributed by atoms with Crippen molar-refractivity contribution in [3.05, 3.63) is 42.5 Å². The van der Waals surface area contributed by atoms with Gasteiger partial charge in [-0.05, 0) is 36.4 Å². The molecule has 23 heavy (non-hydrogen) atoms. The van der Waals surface area contributed by atoms with Gasteiger partial charge in [0.05, 0.1) is 17.7 Å². The van der Waals surface area contributed by atoms with E-state index in [1.165, 1.54) is 56.5 Å². The highest BCUT2D eigenvalue weighted by Crippen LogP contribution is 2.29. The van der Waals surface area contributed by atoms with Gasteiger partial charge in [-0.1, -0.05) is 0 Å². The van der Waals surface area contributed by atoms with Gasteiger partial charge in [0.1, 0.15) is 0 Å². The summed E-state index contributed by atoms with van der Waals surface area (Å²) in [4.78, 5) is 11.0. The predicted molar refractivity (Wildman–Crippen MR) is 86.2 cm³/mol. The minimum Gasteiger partial charge on any atom is -0.504 e. The number of carbonyl (C=O) groups excluding carboxylic acids is 1. The second kappa shape index (κ2) is 6.57. The molecule has 0 bridgehead atoms. The Morgan fingerprint density at radius 3 is 2.22 bits per heavy atom. The first-order valence-electron chi connectivity index (χ1n) is 6.59. The van der Waals surface area contributed by atoms with Crippen LogP contribution < -0.4 is 14.8 Å². The molecule has 0 fully saturated rings. The van der Waals surface area contributed by atoms with Crippen LogP contribution >= 0.6 is 0 Å². The summed E-state index contributed by atoms with van der Waals surface area (Å²) in [5.41, 5.74) is 0.702. The minimum absolute atomic E-state index is 0.0295. The molecule has 2 aromatic carbocycles. The van der Waals surface area contributed by atoms with Gasteiger partial charge in [-0.3, -0.25) is 9.52 Å². The summed E-state index contributed by atoms with van der Waals surface area (Å²) in [5.74, 6) is -0.172. The fraction of sp³-hybridized carbons (Fsp3) is 0.133. The highest BCUT2D eigenvalue weighted by molar-refractivity contribution is 7.92. The first kappa shape index (κ1) is 16.6. The number of amides is 1. The molecule has 2 aromatic rings. The van der Waals surface area contributed by atoms with Crippen molar-refractivity contribution in [3.8, 4) is 11.5 Å². The number of ether oxygens (including phenoxy) is 1. The van der Waals surface area contributed by atoms with Crippen molar-refractivity contribution < 1.29 is 23.1 Å². The molecular formula is C15H16N2O5S. The Bertz CT molecular complexity index is 816. The van der Waals surface area contributed by atoms with E-state index >= 15 is 0 Å². The summed E-state index contributed by atoms with van der Waals surface area (Å²) in [7, 11) is -2.41. The number of methoxy groups -OCH3 is 1. The second-order valence-corrected chi connectivity index (χ2v) is 6.38. The second-order valence-electron chi connectivity index (χ2n) is 4.70. The number of anilines is 2. The van der Waals surface area contributed by atoms with Crippen LogP contribution in [0.2, 0.25) is 0 Å². The fourth-order valence-electron chi connectivity index (χ4n) is 1.89. The lowest BCUT2D eigenvalue weighted by atomic mass is 10.3. The number of sulfonamides is 1. The van der Waals surface area contributed by atoms with Crippen molar-refractivity contribution in [2.45, 2.75) is 11.8 Å². The molecule has 0 aromatic heterocycles. The Morgan fingerprint density at radius 2 is 1.70 bits per heavy atom. The molecular weight excluding hydrogens is 320 g/mol. The molecule has 0 unspecified atom stereocenters. The van der Waals surface area contributed by atoms with Gasteiger partial charge >= 0.3 is 0 Å². The van der Waals surface area contributed by atoms with E-state index in [0.29, 0.717) is 5.69 Å². The van der Waals surface area contributed by atoms with E-state index in [2.05, 4.69) is 10.0 Å². The van der Waals surface area contributed by atoms with Crippen LogP contribution in [0.15, 0.2) is 47.4 Å².